The third-order valence-corrected chi connectivity index (χ3v) is 2.75. The highest BCUT2D eigenvalue weighted by Gasteiger charge is 2.07. The predicted molar refractivity (Wildman–Crippen MR) is 62.5 cm³/mol. The fourth-order valence-corrected chi connectivity index (χ4v) is 1.52. The zero-order valence-corrected chi connectivity index (χ0v) is 9.78. The molecule has 1 heterocycles. The summed E-state index contributed by atoms with van der Waals surface area (Å²) in [6.07, 6.45) is 3.84. The van der Waals surface area contributed by atoms with Crippen molar-refractivity contribution in [1.29, 1.82) is 0 Å². The second-order valence-electron chi connectivity index (χ2n) is 3.91. The molecule has 3 nitrogen and oxygen atoms in total. The van der Waals surface area contributed by atoms with E-state index in [-0.39, 0.29) is 0 Å². The standard InChI is InChI=1S/C12H22N2O/c1-3-11(13)7-8-14(4-2)10-12-6-5-9-15-12/h5-6,9,11H,3-4,7-8,10,13H2,1-2H3. The quantitative estimate of drug-likeness (QED) is 0.750. The van der Waals surface area contributed by atoms with E-state index in [0.717, 1.165) is 38.2 Å². The molecule has 0 fully saturated rings. The number of rotatable bonds is 7. The lowest BCUT2D eigenvalue weighted by atomic mass is 10.1. The SMILES string of the molecule is CCC(N)CCN(CC)Cc1ccco1. The molecule has 1 atom stereocenters. The van der Waals surface area contributed by atoms with Crippen molar-refractivity contribution in [2.75, 3.05) is 13.1 Å². The van der Waals surface area contributed by atoms with Crippen LogP contribution in [0.5, 0.6) is 0 Å². The molecule has 1 rings (SSSR count). The van der Waals surface area contributed by atoms with Crippen molar-refractivity contribution in [3.8, 4) is 0 Å². The lowest BCUT2D eigenvalue weighted by Gasteiger charge is -2.20. The van der Waals surface area contributed by atoms with Crippen molar-refractivity contribution < 1.29 is 4.42 Å². The summed E-state index contributed by atoms with van der Waals surface area (Å²) in [6, 6.07) is 4.28. The lowest BCUT2D eigenvalue weighted by molar-refractivity contribution is 0.245. The Morgan fingerprint density at radius 2 is 2.27 bits per heavy atom. The maximum absolute atomic E-state index is 5.90. The average Bonchev–Trinajstić information content (AvgIpc) is 2.76. The summed E-state index contributed by atoms with van der Waals surface area (Å²) in [7, 11) is 0. The van der Waals surface area contributed by atoms with Crippen molar-refractivity contribution in [3.05, 3.63) is 24.2 Å². The van der Waals surface area contributed by atoms with E-state index in [9.17, 15) is 0 Å². The molecule has 2 N–H and O–H groups in total. The van der Waals surface area contributed by atoms with Crippen LogP contribution in [0, 0.1) is 0 Å². The van der Waals surface area contributed by atoms with E-state index in [0.29, 0.717) is 6.04 Å². The summed E-state index contributed by atoms with van der Waals surface area (Å²) in [6.45, 7) is 7.27. The first-order valence-corrected chi connectivity index (χ1v) is 5.76. The number of hydrogen-bond donors (Lipinski definition) is 1. The van der Waals surface area contributed by atoms with Crippen LogP contribution in [0.25, 0.3) is 0 Å². The van der Waals surface area contributed by atoms with Crippen LogP contribution < -0.4 is 5.73 Å². The van der Waals surface area contributed by atoms with E-state index in [1.54, 1.807) is 6.26 Å². The second-order valence-corrected chi connectivity index (χ2v) is 3.91. The van der Waals surface area contributed by atoms with Gasteiger partial charge >= 0.3 is 0 Å². The first-order valence-electron chi connectivity index (χ1n) is 5.76. The molecule has 0 amide bonds. The zero-order chi connectivity index (χ0) is 11.1. The summed E-state index contributed by atoms with van der Waals surface area (Å²) < 4.78 is 5.33. The third-order valence-electron chi connectivity index (χ3n) is 2.75. The lowest BCUT2D eigenvalue weighted by Crippen LogP contribution is -2.29. The van der Waals surface area contributed by atoms with Gasteiger partial charge in [-0.3, -0.25) is 4.90 Å². The molecule has 0 aliphatic rings. The molecule has 0 aliphatic carbocycles. The maximum atomic E-state index is 5.90. The minimum Gasteiger partial charge on any atom is -0.468 e. The smallest absolute Gasteiger partial charge is 0.117 e. The van der Waals surface area contributed by atoms with E-state index in [2.05, 4.69) is 18.7 Å². The van der Waals surface area contributed by atoms with Gasteiger partial charge in [0.2, 0.25) is 0 Å². The zero-order valence-electron chi connectivity index (χ0n) is 9.78. The molecule has 1 unspecified atom stereocenters. The molecule has 1 aromatic heterocycles. The van der Waals surface area contributed by atoms with Gasteiger partial charge in [0.25, 0.3) is 0 Å². The van der Waals surface area contributed by atoms with Gasteiger partial charge in [0.1, 0.15) is 5.76 Å². The van der Waals surface area contributed by atoms with E-state index in [4.69, 9.17) is 10.2 Å². The third kappa shape index (κ3) is 4.49. The van der Waals surface area contributed by atoms with Crippen LogP contribution in [-0.2, 0) is 6.54 Å². The van der Waals surface area contributed by atoms with E-state index in [1.165, 1.54) is 0 Å². The molecular formula is C12H22N2O. The van der Waals surface area contributed by atoms with Crippen LogP contribution in [0.3, 0.4) is 0 Å². The van der Waals surface area contributed by atoms with Gasteiger partial charge < -0.3 is 10.2 Å². The maximum Gasteiger partial charge on any atom is 0.117 e. The van der Waals surface area contributed by atoms with Crippen LogP contribution >= 0.6 is 0 Å². The first-order chi connectivity index (χ1) is 7.26. The van der Waals surface area contributed by atoms with Gasteiger partial charge in [-0.05, 0) is 31.5 Å². The molecule has 0 spiro atoms. The number of nitrogens with zero attached hydrogens (tertiary/aromatic N) is 1. The van der Waals surface area contributed by atoms with Gasteiger partial charge in [-0.15, -0.1) is 0 Å². The monoisotopic (exact) mass is 210 g/mol. The molecular weight excluding hydrogens is 188 g/mol. The number of furan rings is 1. The van der Waals surface area contributed by atoms with Crippen LogP contribution in [-0.4, -0.2) is 24.0 Å². The van der Waals surface area contributed by atoms with Crippen LogP contribution in [0.2, 0.25) is 0 Å². The molecule has 0 aliphatic heterocycles. The van der Waals surface area contributed by atoms with Gasteiger partial charge in [-0.1, -0.05) is 13.8 Å². The summed E-state index contributed by atoms with van der Waals surface area (Å²) in [5.41, 5.74) is 5.90. The molecule has 0 saturated heterocycles. The molecule has 15 heavy (non-hydrogen) atoms. The predicted octanol–water partition coefficient (Wildman–Crippen LogP) is 2.23. The highest BCUT2D eigenvalue weighted by atomic mass is 16.3. The van der Waals surface area contributed by atoms with Gasteiger partial charge in [0.05, 0.1) is 12.8 Å². The van der Waals surface area contributed by atoms with E-state index >= 15 is 0 Å². The largest absolute Gasteiger partial charge is 0.468 e. The summed E-state index contributed by atoms with van der Waals surface area (Å²) in [4.78, 5) is 2.36. The Morgan fingerprint density at radius 1 is 1.47 bits per heavy atom. The molecule has 3 heteroatoms. The Bertz CT molecular complexity index is 246. The van der Waals surface area contributed by atoms with E-state index in [1.807, 2.05) is 12.1 Å². The highest BCUT2D eigenvalue weighted by Crippen LogP contribution is 2.06. The molecule has 0 bridgehead atoms. The normalized spacial score (nSPS) is 13.3. The summed E-state index contributed by atoms with van der Waals surface area (Å²) in [5, 5.41) is 0. The van der Waals surface area contributed by atoms with Gasteiger partial charge in [0, 0.05) is 12.6 Å². The van der Waals surface area contributed by atoms with Crippen molar-refractivity contribution in [2.45, 2.75) is 39.3 Å². The van der Waals surface area contributed by atoms with Crippen LogP contribution in [0.1, 0.15) is 32.4 Å². The minimum absolute atomic E-state index is 0.329. The fourth-order valence-electron chi connectivity index (χ4n) is 1.52. The molecule has 0 saturated carbocycles. The van der Waals surface area contributed by atoms with Crippen LogP contribution in [0.4, 0.5) is 0 Å². The Morgan fingerprint density at radius 3 is 2.80 bits per heavy atom. The summed E-state index contributed by atoms with van der Waals surface area (Å²) in [5.74, 6) is 1.03. The van der Waals surface area contributed by atoms with Crippen molar-refractivity contribution in [3.63, 3.8) is 0 Å². The number of hydrogen-bond acceptors (Lipinski definition) is 3. The molecule has 0 radical (unpaired) electrons. The van der Waals surface area contributed by atoms with Crippen LogP contribution in [0.15, 0.2) is 22.8 Å². The first kappa shape index (κ1) is 12.3. The van der Waals surface area contributed by atoms with E-state index < -0.39 is 0 Å². The minimum atomic E-state index is 0.329. The van der Waals surface area contributed by atoms with Crippen molar-refractivity contribution in [1.82, 2.24) is 4.90 Å². The van der Waals surface area contributed by atoms with Crippen molar-refractivity contribution in [2.24, 2.45) is 5.73 Å². The second kappa shape index (κ2) is 6.64. The number of nitrogens with two attached hydrogens (primary N) is 1. The Balaban J connectivity index is 2.30. The summed E-state index contributed by atoms with van der Waals surface area (Å²) >= 11 is 0. The Kier molecular flexibility index (Phi) is 5.43. The molecule has 1 aromatic rings. The topological polar surface area (TPSA) is 42.4 Å². The highest BCUT2D eigenvalue weighted by molar-refractivity contribution is 4.97. The molecule has 86 valence electrons. The fraction of sp³-hybridized carbons (Fsp3) is 0.667. The van der Waals surface area contributed by atoms with Crippen molar-refractivity contribution >= 4 is 0 Å². The average molecular weight is 210 g/mol. The molecule has 0 aromatic carbocycles. The van der Waals surface area contributed by atoms with Gasteiger partial charge in [0.15, 0.2) is 0 Å². The Hall–Kier alpha value is -0.800. The van der Waals surface area contributed by atoms with Gasteiger partial charge in [-0.2, -0.15) is 0 Å². The Labute approximate surface area is 92.2 Å². The van der Waals surface area contributed by atoms with Gasteiger partial charge in [-0.25, -0.2) is 0 Å².